The molecule has 0 unspecified atom stereocenters. The van der Waals surface area contributed by atoms with E-state index in [2.05, 4.69) is 4.98 Å². The van der Waals surface area contributed by atoms with Crippen LogP contribution in [0.5, 0.6) is 0 Å². The van der Waals surface area contributed by atoms with Crippen LogP contribution in [-0.2, 0) is 6.61 Å². The van der Waals surface area contributed by atoms with Crippen LogP contribution in [0.3, 0.4) is 0 Å². The van der Waals surface area contributed by atoms with Gasteiger partial charge in [0.25, 0.3) is 0 Å². The molecule has 14 heavy (non-hydrogen) atoms. The Morgan fingerprint density at radius 2 is 2.14 bits per heavy atom. The molecule has 1 rings (SSSR count). The first kappa shape index (κ1) is 10.9. The minimum atomic E-state index is 0.0117. The molecule has 0 saturated carbocycles. The van der Waals surface area contributed by atoms with E-state index in [9.17, 15) is 0 Å². The number of hydrogen-bond donors (Lipinski definition) is 2. The fraction of sp³-hybridized carbons (Fsp3) is 0.500. The molecular formula is C10H16N2O2. The Hall–Kier alpha value is -1.13. The second-order valence-corrected chi connectivity index (χ2v) is 3.29. The van der Waals surface area contributed by atoms with Crippen LogP contribution in [0.25, 0.3) is 0 Å². The Labute approximate surface area is 83.8 Å². The number of likely N-dealkylation sites (N-methyl/N-ethyl adjacent to an activating group) is 1. The van der Waals surface area contributed by atoms with Crippen LogP contribution in [0.1, 0.15) is 11.1 Å². The number of hydrogen-bond acceptors (Lipinski definition) is 4. The monoisotopic (exact) mass is 196 g/mol. The molecule has 1 aromatic rings. The largest absolute Gasteiger partial charge is 0.395 e. The van der Waals surface area contributed by atoms with Gasteiger partial charge in [0.15, 0.2) is 0 Å². The van der Waals surface area contributed by atoms with Gasteiger partial charge in [-0.1, -0.05) is 0 Å². The molecule has 0 fully saturated rings. The van der Waals surface area contributed by atoms with Crippen molar-refractivity contribution in [2.75, 3.05) is 25.1 Å². The highest BCUT2D eigenvalue weighted by atomic mass is 16.3. The number of aliphatic hydroxyl groups excluding tert-OH is 2. The van der Waals surface area contributed by atoms with E-state index in [1.54, 1.807) is 6.20 Å². The number of pyridine rings is 1. The maximum Gasteiger partial charge on any atom is 0.131 e. The molecule has 0 amide bonds. The van der Waals surface area contributed by atoms with Crippen molar-refractivity contribution in [2.45, 2.75) is 13.5 Å². The van der Waals surface area contributed by atoms with Crippen molar-refractivity contribution >= 4 is 5.82 Å². The Morgan fingerprint density at radius 3 is 2.64 bits per heavy atom. The third-order valence-electron chi connectivity index (χ3n) is 2.09. The zero-order valence-electron chi connectivity index (χ0n) is 8.56. The maximum absolute atomic E-state index is 8.90. The van der Waals surface area contributed by atoms with Crippen LogP contribution in [0.4, 0.5) is 5.82 Å². The third-order valence-corrected chi connectivity index (χ3v) is 2.09. The van der Waals surface area contributed by atoms with Gasteiger partial charge in [0, 0.05) is 19.8 Å². The van der Waals surface area contributed by atoms with E-state index in [4.69, 9.17) is 10.2 Å². The van der Waals surface area contributed by atoms with Crippen molar-refractivity contribution < 1.29 is 10.2 Å². The van der Waals surface area contributed by atoms with Crippen LogP contribution in [0.2, 0.25) is 0 Å². The Bertz CT molecular complexity index is 302. The zero-order chi connectivity index (χ0) is 10.6. The number of aryl methyl sites for hydroxylation is 1. The molecule has 0 spiro atoms. The van der Waals surface area contributed by atoms with E-state index >= 15 is 0 Å². The van der Waals surface area contributed by atoms with Crippen LogP contribution in [0.15, 0.2) is 12.3 Å². The first-order valence-corrected chi connectivity index (χ1v) is 4.57. The van der Waals surface area contributed by atoms with Crippen LogP contribution in [0, 0.1) is 6.92 Å². The lowest BCUT2D eigenvalue weighted by Crippen LogP contribution is -2.23. The van der Waals surface area contributed by atoms with E-state index in [0.717, 1.165) is 16.9 Å². The van der Waals surface area contributed by atoms with Crippen molar-refractivity contribution in [1.29, 1.82) is 0 Å². The van der Waals surface area contributed by atoms with Gasteiger partial charge in [0.2, 0.25) is 0 Å². The first-order valence-electron chi connectivity index (χ1n) is 4.57. The number of anilines is 1. The van der Waals surface area contributed by atoms with Crippen molar-refractivity contribution in [3.63, 3.8) is 0 Å². The molecule has 78 valence electrons. The molecule has 0 aliphatic rings. The standard InChI is InChI=1S/C10H16N2O2/c1-8-5-9(7-14)6-11-10(8)12(2)3-4-13/h5-6,13-14H,3-4,7H2,1-2H3. The predicted octanol–water partition coefficient (Wildman–Crippen LogP) is 0.311. The van der Waals surface area contributed by atoms with Crippen LogP contribution >= 0.6 is 0 Å². The summed E-state index contributed by atoms with van der Waals surface area (Å²) in [5, 5.41) is 17.7. The van der Waals surface area contributed by atoms with E-state index < -0.39 is 0 Å². The van der Waals surface area contributed by atoms with Crippen molar-refractivity contribution in [2.24, 2.45) is 0 Å². The molecule has 4 nitrogen and oxygen atoms in total. The lowest BCUT2D eigenvalue weighted by molar-refractivity contribution is 0.281. The van der Waals surface area contributed by atoms with Gasteiger partial charge in [0.05, 0.1) is 13.2 Å². The van der Waals surface area contributed by atoms with Gasteiger partial charge in [-0.2, -0.15) is 0 Å². The minimum Gasteiger partial charge on any atom is -0.395 e. The highest BCUT2D eigenvalue weighted by Gasteiger charge is 2.05. The predicted molar refractivity (Wildman–Crippen MR) is 55.3 cm³/mol. The highest BCUT2D eigenvalue weighted by molar-refractivity contribution is 5.46. The Kier molecular flexibility index (Phi) is 3.85. The van der Waals surface area contributed by atoms with Gasteiger partial charge >= 0.3 is 0 Å². The fourth-order valence-corrected chi connectivity index (χ4v) is 1.37. The van der Waals surface area contributed by atoms with Gasteiger partial charge in [-0.15, -0.1) is 0 Å². The highest BCUT2D eigenvalue weighted by Crippen LogP contribution is 2.16. The summed E-state index contributed by atoms with van der Waals surface area (Å²) in [6.07, 6.45) is 1.65. The quantitative estimate of drug-likeness (QED) is 0.727. The summed E-state index contributed by atoms with van der Waals surface area (Å²) in [6.45, 7) is 2.62. The minimum absolute atomic E-state index is 0.0117. The van der Waals surface area contributed by atoms with Gasteiger partial charge in [0.1, 0.15) is 5.82 Å². The maximum atomic E-state index is 8.90. The molecular weight excluding hydrogens is 180 g/mol. The number of aromatic nitrogens is 1. The SMILES string of the molecule is Cc1cc(CO)cnc1N(C)CCO. The summed E-state index contributed by atoms with van der Waals surface area (Å²) < 4.78 is 0. The molecule has 0 atom stereocenters. The molecule has 4 heteroatoms. The number of nitrogens with zero attached hydrogens (tertiary/aromatic N) is 2. The number of rotatable bonds is 4. The Balaban J connectivity index is 2.88. The second-order valence-electron chi connectivity index (χ2n) is 3.29. The third kappa shape index (κ3) is 2.43. The van der Waals surface area contributed by atoms with Gasteiger partial charge in [-0.05, 0) is 24.1 Å². The van der Waals surface area contributed by atoms with E-state index in [1.165, 1.54) is 0 Å². The summed E-state index contributed by atoms with van der Waals surface area (Å²) in [4.78, 5) is 6.11. The lowest BCUT2D eigenvalue weighted by Gasteiger charge is -2.19. The molecule has 2 N–H and O–H groups in total. The van der Waals surface area contributed by atoms with Crippen molar-refractivity contribution in [3.05, 3.63) is 23.4 Å². The van der Waals surface area contributed by atoms with E-state index in [-0.39, 0.29) is 13.2 Å². The summed E-state index contributed by atoms with van der Waals surface area (Å²) in [6, 6.07) is 1.90. The van der Waals surface area contributed by atoms with E-state index in [0.29, 0.717) is 6.54 Å². The average Bonchev–Trinajstić information content (AvgIpc) is 2.17. The van der Waals surface area contributed by atoms with Crippen LogP contribution in [-0.4, -0.2) is 35.4 Å². The zero-order valence-corrected chi connectivity index (χ0v) is 8.56. The second kappa shape index (κ2) is 4.93. The van der Waals surface area contributed by atoms with Crippen LogP contribution < -0.4 is 4.90 Å². The van der Waals surface area contributed by atoms with Gasteiger partial charge in [-0.25, -0.2) is 4.98 Å². The fourth-order valence-electron chi connectivity index (χ4n) is 1.37. The molecule has 1 aromatic heterocycles. The lowest BCUT2D eigenvalue weighted by atomic mass is 10.2. The smallest absolute Gasteiger partial charge is 0.131 e. The molecule has 0 aromatic carbocycles. The topological polar surface area (TPSA) is 56.6 Å². The average molecular weight is 196 g/mol. The van der Waals surface area contributed by atoms with Crippen molar-refractivity contribution in [3.8, 4) is 0 Å². The molecule has 0 aliphatic carbocycles. The van der Waals surface area contributed by atoms with Gasteiger partial charge in [-0.3, -0.25) is 0 Å². The summed E-state index contributed by atoms with van der Waals surface area (Å²) in [7, 11) is 1.88. The number of aliphatic hydroxyl groups is 2. The van der Waals surface area contributed by atoms with Gasteiger partial charge < -0.3 is 15.1 Å². The van der Waals surface area contributed by atoms with E-state index in [1.807, 2.05) is 24.9 Å². The summed E-state index contributed by atoms with van der Waals surface area (Å²) >= 11 is 0. The van der Waals surface area contributed by atoms with Crippen molar-refractivity contribution in [1.82, 2.24) is 4.98 Å². The molecule has 0 bridgehead atoms. The molecule has 1 heterocycles. The molecule has 0 radical (unpaired) electrons. The summed E-state index contributed by atoms with van der Waals surface area (Å²) in [5.74, 6) is 0.844. The molecule has 0 aliphatic heterocycles. The summed E-state index contributed by atoms with van der Waals surface area (Å²) in [5.41, 5.74) is 1.82. The Morgan fingerprint density at radius 1 is 1.43 bits per heavy atom. The first-order chi connectivity index (χ1) is 6.69. The molecule has 0 saturated heterocycles. The normalized spacial score (nSPS) is 10.3.